The second-order valence-corrected chi connectivity index (χ2v) is 5.02. The molecular weight excluding hydrogens is 279 g/mol. The Labute approximate surface area is 120 Å². The number of ether oxygens (including phenoxy) is 1. The van der Waals surface area contributed by atoms with Crippen LogP contribution in [0.3, 0.4) is 0 Å². The molecule has 1 aliphatic rings. The Hall–Kier alpha value is -2.17. The second kappa shape index (κ2) is 4.98. The molecule has 1 aliphatic heterocycles. The number of fused-ring (bicyclic) bond motifs is 1. The van der Waals surface area contributed by atoms with Gasteiger partial charge in [0.25, 0.3) is 0 Å². The molecule has 2 nitrogen and oxygen atoms in total. The summed E-state index contributed by atoms with van der Waals surface area (Å²) in [7, 11) is 1.57. The van der Waals surface area contributed by atoms with Gasteiger partial charge >= 0.3 is 6.18 Å². The number of hydrogen-bond acceptors (Lipinski definition) is 2. The minimum Gasteiger partial charge on any atom is -0.497 e. The van der Waals surface area contributed by atoms with Gasteiger partial charge in [-0.15, -0.1) is 0 Å². The summed E-state index contributed by atoms with van der Waals surface area (Å²) >= 11 is 0. The first-order valence-corrected chi connectivity index (χ1v) is 6.58. The van der Waals surface area contributed by atoms with Crippen molar-refractivity contribution in [3.05, 3.63) is 59.2 Å². The standard InChI is InChI=1S/C16H14F3NO/c1-21-12-6-2-4-10(8-12)14-9-11-5-3-7-13(15(11)20-14)16(17,18)19/h2-8,14,20H,9H2,1H3. The number of anilines is 1. The van der Waals surface area contributed by atoms with Crippen LogP contribution in [-0.4, -0.2) is 7.11 Å². The predicted octanol–water partition coefficient (Wildman–Crippen LogP) is 4.42. The highest BCUT2D eigenvalue weighted by Crippen LogP contribution is 2.43. The van der Waals surface area contributed by atoms with E-state index in [0.29, 0.717) is 17.7 Å². The quantitative estimate of drug-likeness (QED) is 0.884. The Morgan fingerprint density at radius 2 is 1.90 bits per heavy atom. The molecular formula is C16H14F3NO. The largest absolute Gasteiger partial charge is 0.497 e. The molecule has 0 bridgehead atoms. The molecule has 1 unspecified atom stereocenters. The average Bonchev–Trinajstić information content (AvgIpc) is 2.90. The molecule has 0 fully saturated rings. The summed E-state index contributed by atoms with van der Waals surface area (Å²) in [5.41, 5.74) is 1.19. The van der Waals surface area contributed by atoms with Gasteiger partial charge in [-0.3, -0.25) is 0 Å². The lowest BCUT2D eigenvalue weighted by Crippen LogP contribution is -2.10. The number of rotatable bonds is 2. The van der Waals surface area contributed by atoms with Gasteiger partial charge in [-0.25, -0.2) is 0 Å². The smallest absolute Gasteiger partial charge is 0.418 e. The van der Waals surface area contributed by atoms with Gasteiger partial charge in [0.2, 0.25) is 0 Å². The van der Waals surface area contributed by atoms with Crippen LogP contribution in [0.15, 0.2) is 42.5 Å². The number of benzene rings is 2. The van der Waals surface area contributed by atoms with Crippen LogP contribution in [-0.2, 0) is 12.6 Å². The normalized spacial score (nSPS) is 17.2. The van der Waals surface area contributed by atoms with E-state index in [0.717, 1.165) is 11.6 Å². The van der Waals surface area contributed by atoms with Gasteiger partial charge in [-0.2, -0.15) is 13.2 Å². The van der Waals surface area contributed by atoms with Gasteiger partial charge in [0.1, 0.15) is 5.75 Å². The van der Waals surface area contributed by atoms with Crippen molar-refractivity contribution in [2.45, 2.75) is 18.6 Å². The molecule has 21 heavy (non-hydrogen) atoms. The lowest BCUT2D eigenvalue weighted by atomic mass is 10.0. The fourth-order valence-corrected chi connectivity index (χ4v) is 2.68. The second-order valence-electron chi connectivity index (χ2n) is 5.02. The average molecular weight is 293 g/mol. The van der Waals surface area contributed by atoms with E-state index in [-0.39, 0.29) is 11.7 Å². The molecule has 5 heteroatoms. The highest BCUT2D eigenvalue weighted by molar-refractivity contribution is 5.64. The summed E-state index contributed by atoms with van der Waals surface area (Å²) in [6.07, 6.45) is -3.81. The molecule has 0 aromatic heterocycles. The van der Waals surface area contributed by atoms with Gasteiger partial charge in [0.15, 0.2) is 0 Å². The first-order chi connectivity index (χ1) is 9.99. The number of nitrogens with one attached hydrogen (secondary N) is 1. The van der Waals surface area contributed by atoms with E-state index in [9.17, 15) is 13.2 Å². The van der Waals surface area contributed by atoms with Crippen LogP contribution in [0.25, 0.3) is 0 Å². The minimum absolute atomic E-state index is 0.168. The zero-order valence-electron chi connectivity index (χ0n) is 11.4. The van der Waals surface area contributed by atoms with Crippen LogP contribution in [0.2, 0.25) is 0 Å². The maximum Gasteiger partial charge on any atom is 0.418 e. The van der Waals surface area contributed by atoms with E-state index in [1.807, 2.05) is 24.3 Å². The summed E-state index contributed by atoms with van der Waals surface area (Å²) in [5, 5.41) is 3.00. The highest BCUT2D eigenvalue weighted by Gasteiger charge is 2.37. The molecule has 110 valence electrons. The molecule has 1 atom stereocenters. The molecule has 0 saturated heterocycles. The predicted molar refractivity (Wildman–Crippen MR) is 74.5 cm³/mol. The Morgan fingerprint density at radius 1 is 1.14 bits per heavy atom. The van der Waals surface area contributed by atoms with Crippen molar-refractivity contribution >= 4 is 5.69 Å². The fraction of sp³-hybridized carbons (Fsp3) is 0.250. The van der Waals surface area contributed by atoms with Crippen LogP contribution in [0.1, 0.15) is 22.7 Å². The zero-order valence-corrected chi connectivity index (χ0v) is 11.4. The summed E-state index contributed by atoms with van der Waals surface area (Å²) < 4.78 is 44.3. The van der Waals surface area contributed by atoms with Crippen LogP contribution in [0, 0.1) is 0 Å². The van der Waals surface area contributed by atoms with Gasteiger partial charge in [0, 0.05) is 0 Å². The summed E-state index contributed by atoms with van der Waals surface area (Å²) in [4.78, 5) is 0. The van der Waals surface area contributed by atoms with Crippen molar-refractivity contribution < 1.29 is 17.9 Å². The minimum atomic E-state index is -4.35. The van der Waals surface area contributed by atoms with Gasteiger partial charge in [0.05, 0.1) is 24.4 Å². The maximum absolute atomic E-state index is 13.0. The van der Waals surface area contributed by atoms with E-state index in [1.54, 1.807) is 13.2 Å². The van der Waals surface area contributed by atoms with Crippen LogP contribution in [0.4, 0.5) is 18.9 Å². The van der Waals surface area contributed by atoms with E-state index >= 15 is 0 Å². The number of methoxy groups -OCH3 is 1. The van der Waals surface area contributed by atoms with Crippen molar-refractivity contribution in [1.29, 1.82) is 0 Å². The topological polar surface area (TPSA) is 21.3 Å². The lowest BCUT2D eigenvalue weighted by molar-refractivity contribution is -0.136. The monoisotopic (exact) mass is 293 g/mol. The summed E-state index contributed by atoms with van der Waals surface area (Å²) in [6, 6.07) is 11.5. The van der Waals surface area contributed by atoms with Gasteiger partial charge < -0.3 is 10.1 Å². The van der Waals surface area contributed by atoms with E-state index in [4.69, 9.17) is 4.74 Å². The number of alkyl halides is 3. The Bertz CT molecular complexity index is 667. The zero-order chi connectivity index (χ0) is 15.0. The van der Waals surface area contributed by atoms with Crippen LogP contribution < -0.4 is 10.1 Å². The van der Waals surface area contributed by atoms with Gasteiger partial charge in [-0.1, -0.05) is 24.3 Å². The van der Waals surface area contributed by atoms with Crippen LogP contribution in [0.5, 0.6) is 5.75 Å². The third-order valence-corrected chi connectivity index (χ3v) is 3.69. The molecule has 0 spiro atoms. The first-order valence-electron chi connectivity index (χ1n) is 6.58. The van der Waals surface area contributed by atoms with Crippen molar-refractivity contribution in [2.24, 2.45) is 0 Å². The molecule has 0 aliphatic carbocycles. The molecule has 0 amide bonds. The molecule has 2 aromatic rings. The Kier molecular flexibility index (Phi) is 3.27. The van der Waals surface area contributed by atoms with E-state index < -0.39 is 11.7 Å². The number of halogens is 3. The first kappa shape index (κ1) is 13.8. The van der Waals surface area contributed by atoms with Crippen molar-refractivity contribution in [3.63, 3.8) is 0 Å². The fourth-order valence-electron chi connectivity index (χ4n) is 2.68. The van der Waals surface area contributed by atoms with Crippen molar-refractivity contribution in [2.75, 3.05) is 12.4 Å². The Morgan fingerprint density at radius 3 is 2.62 bits per heavy atom. The molecule has 3 rings (SSSR count). The molecule has 1 heterocycles. The third-order valence-electron chi connectivity index (χ3n) is 3.69. The van der Waals surface area contributed by atoms with Crippen LogP contribution >= 0.6 is 0 Å². The highest BCUT2D eigenvalue weighted by atomic mass is 19.4. The molecule has 0 radical (unpaired) electrons. The lowest BCUT2D eigenvalue weighted by Gasteiger charge is -2.15. The molecule has 0 saturated carbocycles. The maximum atomic E-state index is 13.0. The third kappa shape index (κ3) is 2.55. The van der Waals surface area contributed by atoms with E-state index in [1.165, 1.54) is 6.07 Å². The van der Waals surface area contributed by atoms with E-state index in [2.05, 4.69) is 5.32 Å². The SMILES string of the molecule is COc1cccc(C2Cc3cccc(C(F)(F)F)c3N2)c1. The number of hydrogen-bond donors (Lipinski definition) is 1. The van der Waals surface area contributed by atoms with Gasteiger partial charge in [-0.05, 0) is 35.7 Å². The molecule has 2 aromatic carbocycles. The number of para-hydroxylation sites is 1. The Balaban J connectivity index is 1.94. The van der Waals surface area contributed by atoms with Crippen molar-refractivity contribution in [3.8, 4) is 5.75 Å². The molecule has 1 N–H and O–H groups in total. The van der Waals surface area contributed by atoms with Crippen molar-refractivity contribution in [1.82, 2.24) is 0 Å². The summed E-state index contributed by atoms with van der Waals surface area (Å²) in [5.74, 6) is 0.696. The summed E-state index contributed by atoms with van der Waals surface area (Å²) in [6.45, 7) is 0.